The summed E-state index contributed by atoms with van der Waals surface area (Å²) < 4.78 is 13.1. The number of benzene rings is 2. The minimum atomic E-state index is -2.92. The van der Waals surface area contributed by atoms with E-state index in [0.29, 0.717) is 10.9 Å². The highest BCUT2D eigenvalue weighted by Crippen LogP contribution is 2.37. The molecule has 1 atom stereocenters. The maximum absolute atomic E-state index is 13.1. The molecule has 0 radical (unpaired) electrons. The summed E-state index contributed by atoms with van der Waals surface area (Å²) in [5, 5.41) is 5.15. The minimum absolute atomic E-state index is 0.198. The van der Waals surface area contributed by atoms with Crippen LogP contribution in [0.4, 0.5) is 0 Å². The van der Waals surface area contributed by atoms with Gasteiger partial charge in [0.05, 0.1) is 5.54 Å². The van der Waals surface area contributed by atoms with Gasteiger partial charge in [0.25, 0.3) is 5.91 Å². The van der Waals surface area contributed by atoms with Gasteiger partial charge in [-0.3, -0.25) is 9.80 Å². The number of nitrogens with one attached hydrogen (secondary N) is 1. The molecular weight excluding hydrogens is 307 g/mol. The third-order valence-corrected chi connectivity index (χ3v) is 5.30. The van der Waals surface area contributed by atoms with Gasteiger partial charge in [0.15, 0.2) is 7.29 Å². The fourth-order valence-electron chi connectivity index (χ4n) is 2.17. The molecule has 4 nitrogen and oxygen atoms in total. The molecule has 0 bridgehead atoms. The Bertz CT molecular complexity index is 709. The van der Waals surface area contributed by atoms with Crippen LogP contribution in [0.1, 0.15) is 31.1 Å². The zero-order valence-electron chi connectivity index (χ0n) is 14.0. The zero-order valence-corrected chi connectivity index (χ0v) is 14.9. The number of hydrogen-bond acceptors (Lipinski definition) is 2. The largest absolute Gasteiger partial charge is 0.300 e. The predicted octanol–water partition coefficient (Wildman–Crippen LogP) is 3.67. The van der Waals surface area contributed by atoms with Crippen LogP contribution in [-0.4, -0.2) is 23.1 Å². The number of rotatable bonds is 4. The average Bonchev–Trinajstić information content (AvgIpc) is 2.53. The lowest BCUT2D eigenvalue weighted by atomic mass is 10.1. The quantitative estimate of drug-likeness (QED) is 0.687. The van der Waals surface area contributed by atoms with Crippen molar-refractivity contribution in [3.63, 3.8) is 0 Å². The first-order valence-corrected chi connectivity index (χ1v) is 9.68. The number of amides is 1. The van der Waals surface area contributed by atoms with Gasteiger partial charge in [-0.2, -0.15) is 5.20 Å². The third-order valence-electron chi connectivity index (χ3n) is 3.43. The molecule has 0 saturated heterocycles. The number of hydrogen-bond donors (Lipinski definition) is 1. The fourth-order valence-corrected chi connectivity index (χ4v) is 3.80. The van der Waals surface area contributed by atoms with E-state index in [1.54, 1.807) is 18.8 Å². The van der Waals surface area contributed by atoms with Gasteiger partial charge in [0.2, 0.25) is 0 Å². The summed E-state index contributed by atoms with van der Waals surface area (Å²) in [4.78, 5) is 12.8. The van der Waals surface area contributed by atoms with Crippen molar-refractivity contribution in [2.75, 3.05) is 6.66 Å². The molecule has 0 heterocycles. The van der Waals surface area contributed by atoms with Gasteiger partial charge < -0.3 is 4.57 Å². The SMILES string of the molecule is CC(C)(C)N(NP(C)(=O)c1ccccc1)C(=O)c1ccccc1. The first-order chi connectivity index (χ1) is 10.7. The molecule has 0 saturated carbocycles. The number of hydrazine groups is 1. The molecule has 0 aliphatic rings. The molecule has 1 N–H and O–H groups in total. The molecule has 2 rings (SSSR count). The van der Waals surface area contributed by atoms with Crippen molar-refractivity contribution in [1.29, 1.82) is 0 Å². The van der Waals surface area contributed by atoms with Crippen LogP contribution in [0.5, 0.6) is 0 Å². The van der Waals surface area contributed by atoms with E-state index in [1.165, 1.54) is 5.01 Å². The van der Waals surface area contributed by atoms with Crippen LogP contribution in [0.3, 0.4) is 0 Å². The molecule has 0 fully saturated rings. The second-order valence-corrected chi connectivity index (χ2v) is 9.10. The zero-order chi connectivity index (χ0) is 17.1. The van der Waals surface area contributed by atoms with Crippen molar-refractivity contribution in [3.8, 4) is 0 Å². The molecule has 23 heavy (non-hydrogen) atoms. The van der Waals surface area contributed by atoms with E-state index in [1.807, 2.05) is 69.3 Å². The molecule has 0 aromatic heterocycles. The molecule has 1 unspecified atom stereocenters. The fraction of sp³-hybridized carbons (Fsp3) is 0.278. The van der Waals surface area contributed by atoms with Crippen molar-refractivity contribution in [3.05, 3.63) is 66.2 Å². The second-order valence-electron chi connectivity index (χ2n) is 6.54. The van der Waals surface area contributed by atoms with Gasteiger partial charge in [-0.1, -0.05) is 48.5 Å². The third kappa shape index (κ3) is 4.31. The minimum Gasteiger partial charge on any atom is -0.300 e. The Hall–Kier alpha value is -1.90. The van der Waals surface area contributed by atoms with Gasteiger partial charge in [-0.25, -0.2) is 0 Å². The average molecular weight is 330 g/mol. The van der Waals surface area contributed by atoms with Crippen molar-refractivity contribution >= 4 is 18.5 Å². The van der Waals surface area contributed by atoms with E-state index >= 15 is 0 Å². The number of carbonyl (C=O) groups is 1. The summed E-state index contributed by atoms with van der Waals surface area (Å²) in [6.45, 7) is 7.36. The Morgan fingerprint density at radius 2 is 1.43 bits per heavy atom. The molecule has 122 valence electrons. The summed E-state index contributed by atoms with van der Waals surface area (Å²) in [7, 11) is -2.92. The molecule has 2 aromatic carbocycles. The maximum atomic E-state index is 13.1. The summed E-state index contributed by atoms with van der Waals surface area (Å²) in [5.74, 6) is -0.198. The van der Waals surface area contributed by atoms with E-state index in [9.17, 15) is 9.36 Å². The van der Waals surface area contributed by atoms with Gasteiger partial charge in [0, 0.05) is 17.5 Å². The van der Waals surface area contributed by atoms with Crippen LogP contribution in [-0.2, 0) is 4.57 Å². The van der Waals surface area contributed by atoms with E-state index in [4.69, 9.17) is 0 Å². The Morgan fingerprint density at radius 1 is 0.957 bits per heavy atom. The van der Waals surface area contributed by atoms with Crippen LogP contribution in [0.15, 0.2) is 60.7 Å². The summed E-state index contributed by atoms with van der Waals surface area (Å²) in [5.41, 5.74) is 0.0379. The smallest absolute Gasteiger partial charge is 0.268 e. The Labute approximate surface area is 137 Å². The van der Waals surface area contributed by atoms with Crippen molar-refractivity contribution < 1.29 is 9.36 Å². The lowest BCUT2D eigenvalue weighted by Crippen LogP contribution is -2.53. The lowest BCUT2D eigenvalue weighted by molar-refractivity contribution is 0.0511. The highest BCUT2D eigenvalue weighted by atomic mass is 31.2. The molecular formula is C18H23N2O2P. The summed E-state index contributed by atoms with van der Waals surface area (Å²) in [6, 6.07) is 18.2. The van der Waals surface area contributed by atoms with Crippen LogP contribution < -0.4 is 10.5 Å². The van der Waals surface area contributed by atoms with Crippen LogP contribution in [0, 0.1) is 0 Å². The van der Waals surface area contributed by atoms with E-state index in [2.05, 4.69) is 5.20 Å². The number of carbonyl (C=O) groups excluding carboxylic acids is 1. The Kier molecular flexibility index (Phi) is 5.08. The molecule has 0 aliphatic heterocycles. The number of nitrogens with zero attached hydrogens (tertiary/aromatic N) is 1. The van der Waals surface area contributed by atoms with Crippen molar-refractivity contribution in [2.45, 2.75) is 26.3 Å². The van der Waals surface area contributed by atoms with E-state index in [0.717, 1.165) is 0 Å². The molecule has 0 aliphatic carbocycles. The normalized spacial score (nSPS) is 14.1. The second kappa shape index (κ2) is 6.69. The van der Waals surface area contributed by atoms with Crippen LogP contribution >= 0.6 is 7.29 Å². The van der Waals surface area contributed by atoms with Crippen molar-refractivity contribution in [2.24, 2.45) is 0 Å². The first-order valence-electron chi connectivity index (χ1n) is 7.52. The molecule has 0 spiro atoms. The van der Waals surface area contributed by atoms with Crippen molar-refractivity contribution in [1.82, 2.24) is 10.2 Å². The van der Waals surface area contributed by atoms with Gasteiger partial charge >= 0.3 is 0 Å². The molecule has 2 aromatic rings. The molecule has 5 heteroatoms. The van der Waals surface area contributed by atoms with Crippen LogP contribution in [0.2, 0.25) is 0 Å². The summed E-state index contributed by atoms with van der Waals surface area (Å²) in [6.07, 6.45) is 0. The van der Waals surface area contributed by atoms with E-state index < -0.39 is 12.8 Å². The van der Waals surface area contributed by atoms with Gasteiger partial charge in [0.1, 0.15) is 0 Å². The molecule has 1 amide bonds. The van der Waals surface area contributed by atoms with Gasteiger partial charge in [-0.05, 0) is 32.9 Å². The Morgan fingerprint density at radius 3 is 1.91 bits per heavy atom. The predicted molar refractivity (Wildman–Crippen MR) is 95.1 cm³/mol. The lowest BCUT2D eigenvalue weighted by Gasteiger charge is -2.37. The van der Waals surface area contributed by atoms with Crippen LogP contribution in [0.25, 0.3) is 0 Å². The topological polar surface area (TPSA) is 49.4 Å². The van der Waals surface area contributed by atoms with Gasteiger partial charge in [-0.15, -0.1) is 0 Å². The van der Waals surface area contributed by atoms with E-state index in [-0.39, 0.29) is 5.91 Å². The summed E-state index contributed by atoms with van der Waals surface area (Å²) >= 11 is 0. The maximum Gasteiger partial charge on any atom is 0.268 e. The Balaban J connectivity index is 2.34. The highest BCUT2D eigenvalue weighted by Gasteiger charge is 2.32. The first kappa shape index (κ1) is 17.5. The standard InChI is InChI=1S/C18H23N2O2P/c1-18(2,3)20(17(21)15-11-7-5-8-12-15)19-23(4,22)16-13-9-6-10-14-16/h5-14H,1-4H3,(H,19,22). The monoisotopic (exact) mass is 330 g/mol. The highest BCUT2D eigenvalue weighted by molar-refractivity contribution is 7.68.